The van der Waals surface area contributed by atoms with E-state index in [4.69, 9.17) is 14.2 Å². The zero-order valence-electron chi connectivity index (χ0n) is 17.8. The number of nitrogens with zero attached hydrogens (tertiary/aromatic N) is 5. The van der Waals surface area contributed by atoms with E-state index in [1.807, 2.05) is 27.9 Å². The lowest BCUT2D eigenvalue weighted by Crippen LogP contribution is -2.38. The van der Waals surface area contributed by atoms with Crippen molar-refractivity contribution in [3.05, 3.63) is 30.3 Å². The molecule has 3 fully saturated rings. The van der Waals surface area contributed by atoms with Gasteiger partial charge in [-0.1, -0.05) is 24.2 Å². The second-order valence-corrected chi connectivity index (χ2v) is 9.65. The van der Waals surface area contributed by atoms with Crippen LogP contribution < -0.4 is 0 Å². The Hall–Kier alpha value is -2.74. The van der Waals surface area contributed by atoms with Crippen LogP contribution in [0.15, 0.2) is 28.9 Å². The lowest BCUT2D eigenvalue weighted by Gasteiger charge is -2.31. The van der Waals surface area contributed by atoms with Gasteiger partial charge in [0.2, 0.25) is 17.6 Å². The van der Waals surface area contributed by atoms with Crippen molar-refractivity contribution in [1.29, 1.82) is 0 Å². The van der Waals surface area contributed by atoms with Gasteiger partial charge in [-0.3, -0.25) is 9.48 Å². The Kier molecular flexibility index (Phi) is 4.38. The van der Waals surface area contributed by atoms with Gasteiger partial charge >= 0.3 is 0 Å². The summed E-state index contributed by atoms with van der Waals surface area (Å²) >= 11 is 0. The smallest absolute Gasteiger partial charge is 0.230 e. The normalized spacial score (nSPS) is 21.4. The third kappa shape index (κ3) is 3.52. The summed E-state index contributed by atoms with van der Waals surface area (Å²) in [5.41, 5.74) is 2.25. The van der Waals surface area contributed by atoms with Crippen molar-refractivity contribution in [3.8, 4) is 11.4 Å². The number of aromatic nitrogens is 4. The molecular weight excluding hydrogens is 394 g/mol. The van der Waals surface area contributed by atoms with Gasteiger partial charge < -0.3 is 14.2 Å². The van der Waals surface area contributed by atoms with E-state index in [1.54, 1.807) is 0 Å². The van der Waals surface area contributed by atoms with Crippen LogP contribution in [0.25, 0.3) is 22.3 Å². The second-order valence-electron chi connectivity index (χ2n) is 9.65. The number of amides is 1. The molecule has 1 amide bonds. The lowest BCUT2D eigenvalue weighted by atomic mass is 9.95. The number of rotatable bonds is 5. The summed E-state index contributed by atoms with van der Waals surface area (Å²) in [4.78, 5) is 19.3. The van der Waals surface area contributed by atoms with E-state index in [0.717, 1.165) is 42.4 Å². The number of ether oxygens (including phenoxy) is 1. The van der Waals surface area contributed by atoms with Gasteiger partial charge in [0, 0.05) is 36.4 Å². The molecule has 1 aliphatic carbocycles. The Balaban J connectivity index is 1.15. The van der Waals surface area contributed by atoms with Crippen LogP contribution in [-0.2, 0) is 9.53 Å². The lowest BCUT2D eigenvalue weighted by molar-refractivity contribution is -0.133. The molecular formula is C23H27N5O3. The third-order valence-corrected chi connectivity index (χ3v) is 7.14. The minimum absolute atomic E-state index is 0.211. The van der Waals surface area contributed by atoms with Crippen molar-refractivity contribution in [2.24, 2.45) is 5.41 Å². The molecule has 2 aliphatic heterocycles. The van der Waals surface area contributed by atoms with Crippen LogP contribution >= 0.6 is 0 Å². The van der Waals surface area contributed by atoms with Crippen molar-refractivity contribution in [2.75, 3.05) is 26.3 Å². The molecule has 0 spiro atoms. The predicted molar refractivity (Wildman–Crippen MR) is 113 cm³/mol. The van der Waals surface area contributed by atoms with E-state index in [1.165, 1.54) is 12.8 Å². The number of fused-ring (bicyclic) bond motifs is 1. The average Bonchev–Trinajstić information content (AvgIpc) is 3.15. The van der Waals surface area contributed by atoms with Gasteiger partial charge in [0.1, 0.15) is 0 Å². The number of hydrogen-bond acceptors (Lipinski definition) is 6. The highest BCUT2D eigenvalue weighted by atomic mass is 16.5. The fourth-order valence-electron chi connectivity index (χ4n) is 4.59. The standard InChI is InChI=1S/C23H27N5O3/c1-23(6-7-23)11-20(29)27-8-4-15(5-9-27)22-25-21(26-31-22)16-2-3-17-12-24-28(19(17)10-16)18-13-30-14-18/h2-3,10,12,15,18H,4-9,11,13-14H2,1H3. The van der Waals surface area contributed by atoms with Gasteiger partial charge in [-0.2, -0.15) is 10.1 Å². The molecule has 0 unspecified atom stereocenters. The van der Waals surface area contributed by atoms with Crippen molar-refractivity contribution < 1.29 is 14.1 Å². The van der Waals surface area contributed by atoms with Gasteiger partial charge in [-0.25, -0.2) is 0 Å². The first-order chi connectivity index (χ1) is 15.1. The number of likely N-dealkylation sites (tertiary alicyclic amines) is 1. The molecule has 4 heterocycles. The molecule has 2 saturated heterocycles. The molecule has 8 nitrogen and oxygen atoms in total. The minimum atomic E-state index is 0.211. The van der Waals surface area contributed by atoms with E-state index in [-0.39, 0.29) is 11.3 Å². The van der Waals surface area contributed by atoms with Gasteiger partial charge in [-0.05, 0) is 37.2 Å². The van der Waals surface area contributed by atoms with E-state index in [2.05, 4.69) is 23.2 Å². The molecule has 3 aromatic rings. The first kappa shape index (κ1) is 19.0. The van der Waals surface area contributed by atoms with Crippen molar-refractivity contribution >= 4 is 16.8 Å². The van der Waals surface area contributed by atoms with Crippen LogP contribution in [0.4, 0.5) is 0 Å². The quantitative estimate of drug-likeness (QED) is 0.626. The topological polar surface area (TPSA) is 86.3 Å². The van der Waals surface area contributed by atoms with Crippen LogP contribution in [0.5, 0.6) is 0 Å². The van der Waals surface area contributed by atoms with Gasteiger partial charge in [0.25, 0.3) is 0 Å². The molecule has 6 rings (SSSR count). The largest absolute Gasteiger partial charge is 0.377 e. The minimum Gasteiger partial charge on any atom is -0.377 e. The summed E-state index contributed by atoms with van der Waals surface area (Å²) in [6.45, 7) is 5.15. The second kappa shape index (κ2) is 7.15. The summed E-state index contributed by atoms with van der Waals surface area (Å²) in [7, 11) is 0. The van der Waals surface area contributed by atoms with Crippen molar-refractivity contribution in [2.45, 2.75) is 51.0 Å². The van der Waals surface area contributed by atoms with E-state index in [9.17, 15) is 4.79 Å². The predicted octanol–water partition coefficient (Wildman–Crippen LogP) is 3.55. The molecule has 8 heteroatoms. The Bertz CT molecular complexity index is 1120. The van der Waals surface area contributed by atoms with Crippen LogP contribution in [0.2, 0.25) is 0 Å². The number of carbonyl (C=O) groups excluding carboxylic acids is 1. The molecule has 0 radical (unpaired) electrons. The highest BCUT2D eigenvalue weighted by Gasteiger charge is 2.40. The van der Waals surface area contributed by atoms with Gasteiger partial charge in [0.05, 0.1) is 31.0 Å². The monoisotopic (exact) mass is 421 g/mol. The van der Waals surface area contributed by atoms with E-state index in [0.29, 0.717) is 43.3 Å². The molecule has 0 N–H and O–H groups in total. The molecule has 0 atom stereocenters. The summed E-state index contributed by atoms with van der Waals surface area (Å²) in [6, 6.07) is 6.44. The fraction of sp³-hybridized carbons (Fsp3) is 0.565. The summed E-state index contributed by atoms with van der Waals surface area (Å²) < 4.78 is 13.0. The third-order valence-electron chi connectivity index (χ3n) is 7.14. The molecule has 162 valence electrons. The van der Waals surface area contributed by atoms with Gasteiger partial charge in [0.15, 0.2) is 0 Å². The van der Waals surface area contributed by atoms with E-state index >= 15 is 0 Å². The molecule has 2 aromatic heterocycles. The van der Waals surface area contributed by atoms with Gasteiger partial charge in [-0.15, -0.1) is 0 Å². The van der Waals surface area contributed by atoms with Crippen LogP contribution in [-0.4, -0.2) is 57.0 Å². The van der Waals surface area contributed by atoms with E-state index < -0.39 is 0 Å². The molecule has 0 bridgehead atoms. The number of carbonyl (C=O) groups is 1. The van der Waals surface area contributed by atoms with Crippen molar-refractivity contribution in [1.82, 2.24) is 24.8 Å². The van der Waals surface area contributed by atoms with Crippen LogP contribution in [0.1, 0.15) is 56.9 Å². The number of benzene rings is 1. The zero-order chi connectivity index (χ0) is 21.0. The Morgan fingerprint density at radius 1 is 1.23 bits per heavy atom. The van der Waals surface area contributed by atoms with Crippen LogP contribution in [0, 0.1) is 5.41 Å². The highest BCUT2D eigenvalue weighted by molar-refractivity contribution is 5.83. The number of piperidine rings is 1. The van der Waals surface area contributed by atoms with Crippen LogP contribution in [0.3, 0.4) is 0 Å². The Labute approximate surface area is 180 Å². The molecule has 3 aliphatic rings. The maximum atomic E-state index is 12.5. The molecule has 1 aromatic carbocycles. The maximum absolute atomic E-state index is 12.5. The zero-order valence-corrected chi connectivity index (χ0v) is 17.8. The fourth-order valence-corrected chi connectivity index (χ4v) is 4.59. The summed E-state index contributed by atoms with van der Waals surface area (Å²) in [6.07, 6.45) is 6.68. The Morgan fingerprint density at radius 2 is 2.03 bits per heavy atom. The Morgan fingerprint density at radius 3 is 2.74 bits per heavy atom. The molecule has 1 saturated carbocycles. The number of hydrogen-bond donors (Lipinski definition) is 0. The summed E-state index contributed by atoms with van der Waals surface area (Å²) in [5.74, 6) is 1.79. The molecule has 31 heavy (non-hydrogen) atoms. The van der Waals surface area contributed by atoms with Crippen molar-refractivity contribution in [3.63, 3.8) is 0 Å². The first-order valence-electron chi connectivity index (χ1n) is 11.2. The maximum Gasteiger partial charge on any atom is 0.230 e. The summed E-state index contributed by atoms with van der Waals surface area (Å²) in [5, 5.41) is 9.86. The first-order valence-corrected chi connectivity index (χ1v) is 11.2. The SMILES string of the molecule is CC1(CC(=O)N2CCC(c3nc(-c4ccc5cnn(C6COC6)c5c4)no3)CC2)CC1. The average molecular weight is 422 g/mol. The highest BCUT2D eigenvalue weighted by Crippen LogP contribution is 2.48.